The fourth-order valence-electron chi connectivity index (χ4n) is 6.30. The topological polar surface area (TPSA) is 81.7 Å². The van der Waals surface area contributed by atoms with Gasteiger partial charge in [-0.15, -0.1) is 0 Å². The Hall–Kier alpha value is -4.44. The van der Waals surface area contributed by atoms with Crippen LogP contribution in [-0.2, 0) is 4.79 Å². The van der Waals surface area contributed by atoms with Crippen LogP contribution < -0.4 is 0 Å². The van der Waals surface area contributed by atoms with Crippen LogP contribution in [0.2, 0.25) is 0 Å². The van der Waals surface area contributed by atoms with Crippen LogP contribution in [0.25, 0.3) is 28.0 Å². The third-order valence-corrected chi connectivity index (χ3v) is 8.49. The number of carbonyl (C=O) groups excluding carboxylic acids is 2. The fourth-order valence-corrected chi connectivity index (χ4v) is 6.30. The van der Waals surface area contributed by atoms with Crippen molar-refractivity contribution in [2.45, 2.75) is 44.6 Å². The Balaban J connectivity index is 1.18. The Morgan fingerprint density at radius 2 is 1.54 bits per heavy atom. The van der Waals surface area contributed by atoms with E-state index in [4.69, 9.17) is 5.26 Å². The van der Waals surface area contributed by atoms with Gasteiger partial charge in [0.05, 0.1) is 23.5 Å². The van der Waals surface area contributed by atoms with Gasteiger partial charge in [-0.1, -0.05) is 24.3 Å². The first-order valence-corrected chi connectivity index (χ1v) is 13.6. The van der Waals surface area contributed by atoms with Crippen LogP contribution in [0.15, 0.2) is 73.1 Å². The number of likely N-dealkylation sites (tertiary alicyclic amines) is 2. The van der Waals surface area contributed by atoms with Crippen LogP contribution in [0.5, 0.6) is 0 Å². The number of benzene rings is 2. The molecule has 0 saturated carbocycles. The number of imidazole rings is 1. The number of piperidine rings is 2. The normalized spacial score (nSPS) is 16.8. The van der Waals surface area contributed by atoms with Gasteiger partial charge in [0, 0.05) is 49.4 Å². The van der Waals surface area contributed by atoms with E-state index in [1.54, 1.807) is 6.92 Å². The molecule has 2 aliphatic rings. The first kappa shape index (κ1) is 24.9. The minimum Gasteiger partial charge on any atom is -0.338 e. The quantitative estimate of drug-likeness (QED) is 0.357. The van der Waals surface area contributed by atoms with E-state index in [0.29, 0.717) is 24.2 Å². The lowest BCUT2D eigenvalue weighted by Crippen LogP contribution is -2.59. The molecule has 0 unspecified atom stereocenters. The molecule has 0 N–H and O–H groups in total. The molecule has 7 heteroatoms. The van der Waals surface area contributed by atoms with Gasteiger partial charge in [0.15, 0.2) is 0 Å². The maximum atomic E-state index is 13.3. The minimum atomic E-state index is -0.0761. The van der Waals surface area contributed by atoms with Gasteiger partial charge in [-0.05, 0) is 79.6 Å². The van der Waals surface area contributed by atoms with Crippen molar-refractivity contribution in [1.82, 2.24) is 19.2 Å². The molecule has 0 radical (unpaired) electrons. The molecule has 1 spiro atoms. The van der Waals surface area contributed by atoms with E-state index in [9.17, 15) is 9.59 Å². The predicted molar refractivity (Wildman–Crippen MR) is 150 cm³/mol. The fraction of sp³-hybridized carbons (Fsp3) is 0.312. The van der Waals surface area contributed by atoms with Crippen LogP contribution >= 0.6 is 0 Å². The van der Waals surface area contributed by atoms with Crippen LogP contribution in [-0.4, -0.2) is 56.2 Å². The molecule has 2 saturated heterocycles. The van der Waals surface area contributed by atoms with Gasteiger partial charge in [0.2, 0.25) is 5.91 Å². The average Bonchev–Trinajstić information content (AvgIpc) is 3.41. The second-order valence-electron chi connectivity index (χ2n) is 10.7. The van der Waals surface area contributed by atoms with E-state index < -0.39 is 0 Å². The molecule has 0 atom stereocenters. The van der Waals surface area contributed by atoms with Gasteiger partial charge in [-0.2, -0.15) is 5.26 Å². The lowest BCUT2D eigenvalue weighted by molar-refractivity contribution is -0.140. The molecule has 2 aromatic heterocycles. The SMILES string of the molecule is CC(=O)N1CCCCC12CCN(C(=O)c1ccc(-c3ccc4ncc(-c5ccc(C#N)cc5)n4c3)cc1)CC2. The summed E-state index contributed by atoms with van der Waals surface area (Å²) in [5.41, 5.74) is 6.06. The molecule has 6 rings (SSSR count). The molecule has 2 amide bonds. The molecule has 7 nitrogen and oxygen atoms in total. The van der Waals surface area contributed by atoms with Crippen LogP contribution in [0.4, 0.5) is 0 Å². The summed E-state index contributed by atoms with van der Waals surface area (Å²) in [7, 11) is 0. The maximum Gasteiger partial charge on any atom is 0.253 e. The van der Waals surface area contributed by atoms with Gasteiger partial charge < -0.3 is 9.80 Å². The summed E-state index contributed by atoms with van der Waals surface area (Å²) in [6.45, 7) is 3.87. The number of aromatic nitrogens is 2. The van der Waals surface area contributed by atoms with E-state index in [1.165, 1.54) is 0 Å². The Kier molecular flexibility index (Phi) is 6.40. The standard InChI is InChI=1S/C32H31N5O2/c1-23(38)37-17-3-2-14-32(37)15-18-35(19-16-32)31(39)27-10-8-25(9-11-27)28-12-13-30-34-21-29(36(30)22-28)26-6-4-24(20-33)5-7-26/h4-13,21-22H,2-3,14-19H2,1H3. The number of hydrogen-bond donors (Lipinski definition) is 0. The van der Waals surface area contributed by atoms with Crippen LogP contribution in [0.1, 0.15) is 54.9 Å². The second kappa shape index (κ2) is 10.0. The Bertz CT molecular complexity index is 1570. The Morgan fingerprint density at radius 3 is 2.23 bits per heavy atom. The number of fused-ring (bicyclic) bond motifs is 1. The van der Waals surface area contributed by atoms with Crippen molar-refractivity contribution in [2.24, 2.45) is 0 Å². The summed E-state index contributed by atoms with van der Waals surface area (Å²) in [4.78, 5) is 34.1. The summed E-state index contributed by atoms with van der Waals surface area (Å²) in [6, 6.07) is 21.5. The van der Waals surface area contributed by atoms with Gasteiger partial charge in [0.1, 0.15) is 5.65 Å². The molecule has 0 aliphatic carbocycles. The van der Waals surface area contributed by atoms with Crippen molar-refractivity contribution >= 4 is 17.5 Å². The number of rotatable bonds is 3. The molecular formula is C32H31N5O2. The molecule has 4 heterocycles. The highest BCUT2D eigenvalue weighted by Gasteiger charge is 2.43. The highest BCUT2D eigenvalue weighted by atomic mass is 16.2. The number of carbonyl (C=O) groups is 2. The van der Waals surface area contributed by atoms with Gasteiger partial charge in [-0.25, -0.2) is 4.98 Å². The van der Waals surface area contributed by atoms with Crippen molar-refractivity contribution in [3.63, 3.8) is 0 Å². The lowest BCUT2D eigenvalue weighted by atomic mass is 9.78. The van der Waals surface area contributed by atoms with E-state index in [1.807, 2.05) is 71.8 Å². The summed E-state index contributed by atoms with van der Waals surface area (Å²) < 4.78 is 2.05. The van der Waals surface area contributed by atoms with Crippen molar-refractivity contribution < 1.29 is 9.59 Å². The number of hydrogen-bond acceptors (Lipinski definition) is 4. The summed E-state index contributed by atoms with van der Waals surface area (Å²) in [5, 5.41) is 9.10. The zero-order valence-corrected chi connectivity index (χ0v) is 22.1. The zero-order chi connectivity index (χ0) is 27.0. The Labute approximate surface area is 228 Å². The van der Waals surface area contributed by atoms with E-state index >= 15 is 0 Å². The molecule has 2 fully saturated rings. The number of amides is 2. The zero-order valence-electron chi connectivity index (χ0n) is 22.1. The van der Waals surface area contributed by atoms with E-state index in [2.05, 4.69) is 26.6 Å². The smallest absolute Gasteiger partial charge is 0.253 e. The van der Waals surface area contributed by atoms with Crippen molar-refractivity contribution in [3.8, 4) is 28.5 Å². The van der Waals surface area contributed by atoms with Gasteiger partial charge in [-0.3, -0.25) is 14.0 Å². The summed E-state index contributed by atoms with van der Waals surface area (Å²) >= 11 is 0. The van der Waals surface area contributed by atoms with Crippen molar-refractivity contribution in [3.05, 3.63) is 84.2 Å². The van der Waals surface area contributed by atoms with Gasteiger partial charge >= 0.3 is 0 Å². The predicted octanol–water partition coefficient (Wildman–Crippen LogP) is 5.55. The summed E-state index contributed by atoms with van der Waals surface area (Å²) in [5.74, 6) is 0.206. The van der Waals surface area contributed by atoms with Crippen LogP contribution in [0, 0.1) is 11.3 Å². The summed E-state index contributed by atoms with van der Waals surface area (Å²) in [6.07, 6.45) is 8.86. The monoisotopic (exact) mass is 517 g/mol. The minimum absolute atomic E-state index is 0.0507. The number of pyridine rings is 1. The largest absolute Gasteiger partial charge is 0.338 e. The third-order valence-electron chi connectivity index (χ3n) is 8.49. The van der Waals surface area contributed by atoms with E-state index in [-0.39, 0.29) is 17.4 Å². The third kappa shape index (κ3) is 4.57. The number of nitrogens with zero attached hydrogens (tertiary/aromatic N) is 5. The van der Waals surface area contributed by atoms with Gasteiger partial charge in [0.25, 0.3) is 5.91 Å². The molecule has 0 bridgehead atoms. The highest BCUT2D eigenvalue weighted by Crippen LogP contribution is 2.38. The van der Waals surface area contributed by atoms with Crippen molar-refractivity contribution in [1.29, 1.82) is 5.26 Å². The molecular weight excluding hydrogens is 486 g/mol. The van der Waals surface area contributed by atoms with Crippen molar-refractivity contribution in [2.75, 3.05) is 19.6 Å². The maximum absolute atomic E-state index is 13.3. The molecule has 2 aliphatic heterocycles. The Morgan fingerprint density at radius 1 is 0.846 bits per heavy atom. The average molecular weight is 518 g/mol. The first-order valence-electron chi connectivity index (χ1n) is 13.6. The highest BCUT2D eigenvalue weighted by molar-refractivity contribution is 5.95. The first-order chi connectivity index (χ1) is 19.0. The molecule has 39 heavy (non-hydrogen) atoms. The lowest BCUT2D eigenvalue weighted by Gasteiger charge is -2.51. The molecule has 4 aromatic rings. The van der Waals surface area contributed by atoms with Crippen LogP contribution in [0.3, 0.4) is 0 Å². The van der Waals surface area contributed by atoms with E-state index in [0.717, 1.165) is 66.7 Å². The second-order valence-corrected chi connectivity index (χ2v) is 10.7. The molecule has 196 valence electrons. The number of nitriles is 1. The molecule has 2 aromatic carbocycles.